The normalized spacial score (nSPS) is 14.7. The Hall–Kier alpha value is -0.513. The second-order valence-electron chi connectivity index (χ2n) is 6.95. The third-order valence-corrected chi connectivity index (χ3v) is 5.60. The molecule has 0 aliphatic heterocycles. The van der Waals surface area contributed by atoms with Gasteiger partial charge in [0.2, 0.25) is 0 Å². The Kier molecular flexibility index (Phi) is 7.12. The van der Waals surface area contributed by atoms with Crippen LogP contribution in [0.3, 0.4) is 0 Å². The van der Waals surface area contributed by atoms with Crippen LogP contribution in [0.2, 0.25) is 12.6 Å². The Bertz CT molecular complexity index is 290. The highest BCUT2D eigenvalue weighted by molar-refractivity contribution is 6.33. The largest absolute Gasteiger partial charge is 0.443 e. The molecule has 0 aliphatic carbocycles. The molecule has 19 heavy (non-hydrogen) atoms. The number of rotatable bonds is 7. The lowest BCUT2D eigenvalue weighted by Gasteiger charge is -2.37. The molecule has 114 valence electrons. The molecular formula is C15H33NO2Si. The van der Waals surface area contributed by atoms with Gasteiger partial charge in [-0.15, -0.1) is 0 Å². The first-order valence-electron chi connectivity index (χ1n) is 7.52. The third kappa shape index (κ3) is 6.46. The van der Waals surface area contributed by atoms with Crippen LogP contribution in [0.5, 0.6) is 0 Å². The van der Waals surface area contributed by atoms with Crippen LogP contribution < -0.4 is 0 Å². The zero-order valence-corrected chi connectivity index (χ0v) is 15.6. The summed E-state index contributed by atoms with van der Waals surface area (Å²) in [6.45, 7) is 14.8. The van der Waals surface area contributed by atoms with Gasteiger partial charge in [-0.1, -0.05) is 26.4 Å². The highest BCUT2D eigenvalue weighted by Gasteiger charge is 2.32. The van der Waals surface area contributed by atoms with Gasteiger partial charge in [-0.3, -0.25) is 0 Å². The standard InChI is InChI=1S/C15H33NO2Si/c1-9-14(3,4)16(7)13(17)18-15(5,6)10-12(2)11-19-8/h12H,9-11,19H2,1-8H3. The van der Waals surface area contributed by atoms with E-state index in [1.165, 1.54) is 6.04 Å². The number of nitrogens with zero attached hydrogens (tertiary/aromatic N) is 1. The topological polar surface area (TPSA) is 29.5 Å². The van der Waals surface area contributed by atoms with Gasteiger partial charge in [-0.25, -0.2) is 4.79 Å². The van der Waals surface area contributed by atoms with Crippen LogP contribution in [0.4, 0.5) is 4.79 Å². The van der Waals surface area contributed by atoms with E-state index < -0.39 is 0 Å². The van der Waals surface area contributed by atoms with Crippen LogP contribution in [0.25, 0.3) is 0 Å². The molecule has 0 fully saturated rings. The van der Waals surface area contributed by atoms with Gasteiger partial charge in [0.15, 0.2) is 0 Å². The van der Waals surface area contributed by atoms with Crippen molar-refractivity contribution in [2.45, 2.75) is 78.1 Å². The lowest BCUT2D eigenvalue weighted by atomic mass is 9.96. The van der Waals surface area contributed by atoms with Gasteiger partial charge in [-0.2, -0.15) is 0 Å². The second kappa shape index (κ2) is 7.32. The number of carbonyl (C=O) groups is 1. The monoisotopic (exact) mass is 287 g/mol. The van der Waals surface area contributed by atoms with Gasteiger partial charge in [0.1, 0.15) is 5.60 Å². The molecular weight excluding hydrogens is 254 g/mol. The maximum absolute atomic E-state index is 12.2. The zero-order valence-electron chi connectivity index (χ0n) is 14.2. The van der Waals surface area contributed by atoms with E-state index in [9.17, 15) is 4.79 Å². The third-order valence-electron chi connectivity index (χ3n) is 4.03. The number of carbonyl (C=O) groups excluding carboxylic acids is 1. The maximum Gasteiger partial charge on any atom is 0.410 e. The molecule has 0 aromatic rings. The average molecular weight is 288 g/mol. The lowest BCUT2D eigenvalue weighted by molar-refractivity contribution is -0.00967. The second-order valence-corrected chi connectivity index (χ2v) is 8.53. The van der Waals surface area contributed by atoms with Gasteiger partial charge >= 0.3 is 6.09 Å². The summed E-state index contributed by atoms with van der Waals surface area (Å²) in [4.78, 5) is 13.9. The van der Waals surface area contributed by atoms with Crippen molar-refractivity contribution in [1.29, 1.82) is 0 Å². The summed E-state index contributed by atoms with van der Waals surface area (Å²) >= 11 is 0. The van der Waals surface area contributed by atoms with Crippen molar-refractivity contribution < 1.29 is 9.53 Å². The van der Waals surface area contributed by atoms with Gasteiger partial charge in [0, 0.05) is 22.1 Å². The average Bonchev–Trinajstić information content (AvgIpc) is 2.26. The number of ether oxygens (including phenoxy) is 1. The number of hydrogen-bond donors (Lipinski definition) is 0. The molecule has 0 aromatic carbocycles. The van der Waals surface area contributed by atoms with Crippen molar-refractivity contribution in [2.75, 3.05) is 7.05 Å². The van der Waals surface area contributed by atoms with E-state index in [4.69, 9.17) is 4.74 Å². The molecule has 0 spiro atoms. The highest BCUT2D eigenvalue weighted by Crippen LogP contribution is 2.25. The molecule has 0 saturated heterocycles. The van der Waals surface area contributed by atoms with Crippen molar-refractivity contribution in [1.82, 2.24) is 4.90 Å². The molecule has 1 unspecified atom stereocenters. The Morgan fingerprint density at radius 1 is 1.32 bits per heavy atom. The van der Waals surface area contributed by atoms with E-state index in [0.29, 0.717) is 5.92 Å². The van der Waals surface area contributed by atoms with E-state index in [1.807, 2.05) is 20.9 Å². The molecule has 4 heteroatoms. The summed E-state index contributed by atoms with van der Waals surface area (Å²) in [7, 11) is 1.90. The summed E-state index contributed by atoms with van der Waals surface area (Å²) in [5, 5.41) is 0. The first kappa shape index (κ1) is 18.5. The van der Waals surface area contributed by atoms with Gasteiger partial charge in [0.25, 0.3) is 0 Å². The van der Waals surface area contributed by atoms with Crippen molar-refractivity contribution >= 4 is 15.6 Å². The van der Waals surface area contributed by atoms with Crippen LogP contribution >= 0.6 is 0 Å². The predicted octanol–water partition coefficient (Wildman–Crippen LogP) is 3.68. The molecule has 0 heterocycles. The van der Waals surface area contributed by atoms with Crippen LogP contribution in [-0.4, -0.2) is 38.7 Å². The lowest BCUT2D eigenvalue weighted by Crippen LogP contribution is -2.47. The summed E-state index contributed by atoms with van der Waals surface area (Å²) < 4.78 is 5.71. The van der Waals surface area contributed by atoms with E-state index in [1.54, 1.807) is 4.90 Å². The van der Waals surface area contributed by atoms with Crippen LogP contribution in [0.15, 0.2) is 0 Å². The Morgan fingerprint density at radius 3 is 2.26 bits per heavy atom. The van der Waals surface area contributed by atoms with Crippen LogP contribution in [0.1, 0.15) is 54.4 Å². The van der Waals surface area contributed by atoms with E-state index in [-0.39, 0.29) is 26.8 Å². The van der Waals surface area contributed by atoms with Crippen LogP contribution in [-0.2, 0) is 4.74 Å². The molecule has 0 N–H and O–H groups in total. The first-order chi connectivity index (χ1) is 8.55. The number of amides is 1. The fourth-order valence-corrected chi connectivity index (χ4v) is 3.45. The van der Waals surface area contributed by atoms with Crippen molar-refractivity contribution in [3.63, 3.8) is 0 Å². The molecule has 0 aromatic heterocycles. The van der Waals surface area contributed by atoms with Crippen molar-refractivity contribution in [3.8, 4) is 0 Å². The molecule has 3 nitrogen and oxygen atoms in total. The summed E-state index contributed by atoms with van der Waals surface area (Å²) in [6.07, 6.45) is 1.65. The van der Waals surface area contributed by atoms with E-state index in [2.05, 4.69) is 34.2 Å². The first-order valence-corrected chi connectivity index (χ1v) is 9.94. The molecule has 0 saturated carbocycles. The Morgan fingerprint density at radius 2 is 1.84 bits per heavy atom. The zero-order chi connectivity index (χ0) is 15.3. The smallest absolute Gasteiger partial charge is 0.410 e. The minimum atomic E-state index is -0.377. The van der Waals surface area contributed by atoms with Gasteiger partial charge < -0.3 is 9.64 Å². The molecule has 1 amide bonds. The summed E-state index contributed by atoms with van der Waals surface area (Å²) in [5.41, 5.74) is -0.534. The molecule has 0 bridgehead atoms. The number of hydrogen-bond acceptors (Lipinski definition) is 2. The van der Waals surface area contributed by atoms with E-state index >= 15 is 0 Å². The van der Waals surface area contributed by atoms with Crippen LogP contribution in [0, 0.1) is 5.92 Å². The SMILES string of the molecule is CCC(C)(C)N(C)C(=O)OC(C)(C)CC(C)C[SiH2]C. The summed E-state index contributed by atoms with van der Waals surface area (Å²) in [6, 6.07) is 1.32. The summed E-state index contributed by atoms with van der Waals surface area (Å²) in [5.74, 6) is 0.643. The Balaban J connectivity index is 4.53. The van der Waals surface area contributed by atoms with Gasteiger partial charge in [0.05, 0.1) is 0 Å². The van der Waals surface area contributed by atoms with Gasteiger partial charge in [-0.05, 0) is 46.5 Å². The molecule has 0 radical (unpaired) electrons. The fraction of sp³-hybridized carbons (Fsp3) is 0.933. The predicted molar refractivity (Wildman–Crippen MR) is 85.7 cm³/mol. The quantitative estimate of drug-likeness (QED) is 0.668. The fourth-order valence-electron chi connectivity index (χ4n) is 2.26. The van der Waals surface area contributed by atoms with E-state index in [0.717, 1.165) is 12.8 Å². The Labute approximate surface area is 121 Å². The highest BCUT2D eigenvalue weighted by atomic mass is 28.2. The maximum atomic E-state index is 12.2. The minimum absolute atomic E-state index is 0.0779. The molecule has 0 aliphatic rings. The van der Waals surface area contributed by atoms with Crippen molar-refractivity contribution in [2.24, 2.45) is 5.92 Å². The van der Waals surface area contributed by atoms with Crippen molar-refractivity contribution in [3.05, 3.63) is 0 Å². The minimum Gasteiger partial charge on any atom is -0.443 e. The molecule has 1 atom stereocenters. The molecule has 0 rings (SSSR count).